The van der Waals surface area contributed by atoms with E-state index >= 15 is 0 Å². The fourth-order valence-corrected chi connectivity index (χ4v) is 2.14. The molecule has 108 valence electrons. The van der Waals surface area contributed by atoms with E-state index in [0.29, 0.717) is 6.61 Å². The normalized spacial score (nSPS) is 10.9. The Morgan fingerprint density at radius 3 is 2.55 bits per heavy atom. The minimum absolute atomic E-state index is 0.134. The fraction of sp³-hybridized carbons (Fsp3) is 0.438. The molecule has 1 rings (SSSR count). The van der Waals surface area contributed by atoms with Crippen molar-refractivity contribution in [1.29, 1.82) is 0 Å². The molecule has 0 radical (unpaired) electrons. The number of terminal acetylenes is 1. The molecule has 0 unspecified atom stereocenters. The van der Waals surface area contributed by atoms with E-state index in [9.17, 15) is 4.79 Å². The Kier molecular flexibility index (Phi) is 5.18. The van der Waals surface area contributed by atoms with Crippen molar-refractivity contribution in [2.45, 2.75) is 39.3 Å². The Morgan fingerprint density at radius 2 is 2.10 bits per heavy atom. The van der Waals surface area contributed by atoms with Gasteiger partial charge in [0.1, 0.15) is 0 Å². The van der Waals surface area contributed by atoms with E-state index in [2.05, 4.69) is 32.0 Å². The number of carboxylic acid groups (broad SMARTS) is 1. The summed E-state index contributed by atoms with van der Waals surface area (Å²) < 4.78 is 5.20. The highest BCUT2D eigenvalue weighted by Crippen LogP contribution is 2.30. The van der Waals surface area contributed by atoms with Crippen molar-refractivity contribution in [3.05, 3.63) is 34.4 Å². The van der Waals surface area contributed by atoms with Crippen molar-refractivity contribution >= 4 is 6.09 Å². The third kappa shape index (κ3) is 4.01. The predicted octanol–water partition coefficient (Wildman–Crippen LogP) is 2.88. The first-order chi connectivity index (χ1) is 9.29. The van der Waals surface area contributed by atoms with Crippen LogP contribution in [0.25, 0.3) is 0 Å². The third-order valence-electron chi connectivity index (χ3n) is 3.03. The Labute approximate surface area is 120 Å². The van der Waals surface area contributed by atoms with Crippen LogP contribution in [-0.2, 0) is 23.3 Å². The predicted molar refractivity (Wildman–Crippen MR) is 78.7 cm³/mol. The van der Waals surface area contributed by atoms with Crippen LogP contribution >= 0.6 is 0 Å². The summed E-state index contributed by atoms with van der Waals surface area (Å²) in [5, 5.41) is 11.2. The SMILES string of the molecule is C#Cc1cc(COC)c(CNC(=O)O)c(C(C)(C)C)c1. The molecule has 0 atom stereocenters. The van der Waals surface area contributed by atoms with Gasteiger partial charge in [0.2, 0.25) is 0 Å². The van der Waals surface area contributed by atoms with E-state index in [4.69, 9.17) is 16.3 Å². The van der Waals surface area contributed by atoms with Crippen molar-refractivity contribution in [3.8, 4) is 12.3 Å². The smallest absolute Gasteiger partial charge is 0.404 e. The average molecular weight is 275 g/mol. The van der Waals surface area contributed by atoms with Crippen LogP contribution in [0.15, 0.2) is 12.1 Å². The van der Waals surface area contributed by atoms with E-state index in [1.807, 2.05) is 12.1 Å². The van der Waals surface area contributed by atoms with Crippen molar-refractivity contribution in [1.82, 2.24) is 5.32 Å². The third-order valence-corrected chi connectivity index (χ3v) is 3.03. The number of hydrogen-bond donors (Lipinski definition) is 2. The lowest BCUT2D eigenvalue weighted by molar-refractivity contribution is 0.182. The zero-order valence-corrected chi connectivity index (χ0v) is 12.4. The van der Waals surface area contributed by atoms with E-state index < -0.39 is 6.09 Å². The van der Waals surface area contributed by atoms with E-state index in [1.165, 1.54) is 0 Å². The van der Waals surface area contributed by atoms with Crippen molar-refractivity contribution in [2.24, 2.45) is 0 Å². The molecular weight excluding hydrogens is 254 g/mol. The Balaban J connectivity index is 3.40. The molecule has 4 heteroatoms. The van der Waals surface area contributed by atoms with Crippen LogP contribution in [0.2, 0.25) is 0 Å². The molecule has 0 aromatic heterocycles. The van der Waals surface area contributed by atoms with Crippen molar-refractivity contribution in [3.63, 3.8) is 0 Å². The van der Waals surface area contributed by atoms with Gasteiger partial charge in [0.25, 0.3) is 0 Å². The van der Waals surface area contributed by atoms with Gasteiger partial charge in [-0.3, -0.25) is 0 Å². The Bertz CT molecular complexity index is 536. The number of nitrogens with one attached hydrogen (secondary N) is 1. The summed E-state index contributed by atoms with van der Waals surface area (Å²) in [4.78, 5) is 10.8. The number of methoxy groups -OCH3 is 1. The van der Waals surface area contributed by atoms with Gasteiger partial charge >= 0.3 is 6.09 Å². The van der Waals surface area contributed by atoms with Gasteiger partial charge in [-0.25, -0.2) is 4.79 Å². The molecule has 1 aromatic rings. The van der Waals surface area contributed by atoms with Crippen LogP contribution in [0.5, 0.6) is 0 Å². The molecule has 0 aliphatic carbocycles. The molecule has 0 aliphatic heterocycles. The molecule has 4 nitrogen and oxygen atoms in total. The first-order valence-electron chi connectivity index (χ1n) is 6.38. The molecule has 0 fully saturated rings. The van der Waals surface area contributed by atoms with Crippen LogP contribution in [0.3, 0.4) is 0 Å². The van der Waals surface area contributed by atoms with Crippen LogP contribution < -0.4 is 5.32 Å². The largest absolute Gasteiger partial charge is 0.465 e. The number of carbonyl (C=O) groups is 1. The Morgan fingerprint density at radius 1 is 1.45 bits per heavy atom. The standard InChI is InChI=1S/C16H21NO3/c1-6-11-7-12(10-20-5)13(9-17-15(18)19)14(8-11)16(2,3)4/h1,7-8,17H,9-10H2,2-5H3,(H,18,19). The van der Waals surface area contributed by atoms with Gasteiger partial charge in [0.05, 0.1) is 6.61 Å². The van der Waals surface area contributed by atoms with Crippen molar-refractivity contribution in [2.75, 3.05) is 7.11 Å². The zero-order chi connectivity index (χ0) is 15.3. The van der Waals surface area contributed by atoms with Crippen LogP contribution in [0, 0.1) is 12.3 Å². The molecule has 0 aliphatic rings. The highest BCUT2D eigenvalue weighted by atomic mass is 16.5. The van der Waals surface area contributed by atoms with Crippen LogP contribution in [-0.4, -0.2) is 18.3 Å². The molecule has 0 spiro atoms. The summed E-state index contributed by atoms with van der Waals surface area (Å²) in [5.41, 5.74) is 3.53. The summed E-state index contributed by atoms with van der Waals surface area (Å²) in [6.07, 6.45) is 4.45. The molecule has 1 amide bonds. The first-order valence-corrected chi connectivity index (χ1v) is 6.38. The minimum Gasteiger partial charge on any atom is -0.465 e. The van der Waals surface area contributed by atoms with Crippen LogP contribution in [0.4, 0.5) is 4.79 Å². The van der Waals surface area contributed by atoms with E-state index in [1.54, 1.807) is 7.11 Å². The highest BCUT2D eigenvalue weighted by molar-refractivity contribution is 5.64. The molecule has 20 heavy (non-hydrogen) atoms. The lowest BCUT2D eigenvalue weighted by atomic mass is 9.81. The summed E-state index contributed by atoms with van der Waals surface area (Å²) >= 11 is 0. The molecule has 0 heterocycles. The maximum Gasteiger partial charge on any atom is 0.404 e. The second-order valence-corrected chi connectivity index (χ2v) is 5.65. The number of rotatable bonds is 4. The second-order valence-electron chi connectivity index (χ2n) is 5.65. The highest BCUT2D eigenvalue weighted by Gasteiger charge is 2.21. The summed E-state index contributed by atoms with van der Waals surface area (Å²) in [5.74, 6) is 2.64. The maximum absolute atomic E-state index is 10.8. The number of ether oxygens (including phenoxy) is 1. The quantitative estimate of drug-likeness (QED) is 0.831. The van der Waals surface area contributed by atoms with Crippen LogP contribution in [0.1, 0.15) is 43.0 Å². The average Bonchev–Trinajstić information content (AvgIpc) is 2.35. The van der Waals surface area contributed by atoms with Gasteiger partial charge in [-0.15, -0.1) is 6.42 Å². The molecule has 0 saturated heterocycles. The van der Waals surface area contributed by atoms with Gasteiger partial charge in [-0.05, 0) is 34.2 Å². The van der Waals surface area contributed by atoms with E-state index in [-0.39, 0.29) is 12.0 Å². The Hall–Kier alpha value is -1.99. The zero-order valence-electron chi connectivity index (χ0n) is 12.4. The summed E-state index contributed by atoms with van der Waals surface area (Å²) in [6, 6.07) is 3.82. The number of benzene rings is 1. The molecule has 1 aromatic carbocycles. The monoisotopic (exact) mass is 275 g/mol. The summed E-state index contributed by atoms with van der Waals surface area (Å²) in [7, 11) is 1.60. The van der Waals surface area contributed by atoms with Gasteiger partial charge in [0.15, 0.2) is 0 Å². The number of hydrogen-bond acceptors (Lipinski definition) is 2. The topological polar surface area (TPSA) is 58.6 Å². The van der Waals surface area contributed by atoms with E-state index in [0.717, 1.165) is 22.3 Å². The lowest BCUT2D eigenvalue weighted by Crippen LogP contribution is -2.25. The van der Waals surface area contributed by atoms with Gasteiger partial charge in [0, 0.05) is 19.2 Å². The lowest BCUT2D eigenvalue weighted by Gasteiger charge is -2.25. The minimum atomic E-state index is -1.05. The van der Waals surface area contributed by atoms with Crippen molar-refractivity contribution < 1.29 is 14.6 Å². The molecule has 0 bridgehead atoms. The van der Waals surface area contributed by atoms with Gasteiger partial charge < -0.3 is 15.2 Å². The van der Waals surface area contributed by atoms with Gasteiger partial charge in [-0.1, -0.05) is 26.7 Å². The number of amides is 1. The fourth-order valence-electron chi connectivity index (χ4n) is 2.14. The van der Waals surface area contributed by atoms with Gasteiger partial charge in [-0.2, -0.15) is 0 Å². The summed E-state index contributed by atoms with van der Waals surface area (Å²) in [6.45, 7) is 6.86. The molecular formula is C16H21NO3. The maximum atomic E-state index is 10.8. The second kappa shape index (κ2) is 6.44. The molecule has 2 N–H and O–H groups in total. The molecule has 0 saturated carbocycles. The first kappa shape index (κ1) is 16.1.